The molecule has 0 aromatic heterocycles. The van der Waals surface area contributed by atoms with Gasteiger partial charge in [-0.3, -0.25) is 0 Å². The third kappa shape index (κ3) is 4.35. The molecule has 0 fully saturated rings. The van der Waals surface area contributed by atoms with Crippen molar-refractivity contribution in [3.63, 3.8) is 0 Å². The van der Waals surface area contributed by atoms with E-state index in [0.29, 0.717) is 0 Å². The Labute approximate surface area is 117 Å². The van der Waals surface area contributed by atoms with Crippen molar-refractivity contribution in [2.24, 2.45) is 0 Å². The van der Waals surface area contributed by atoms with Crippen molar-refractivity contribution in [3.8, 4) is 0 Å². The summed E-state index contributed by atoms with van der Waals surface area (Å²) >= 11 is 2.13. The smallest absolute Gasteiger partial charge is 0.0107 e. The molecule has 0 radical (unpaired) electrons. The van der Waals surface area contributed by atoms with Crippen LogP contribution in [0.4, 0.5) is 0 Å². The fourth-order valence-electron chi connectivity index (χ4n) is 2.74. The zero-order chi connectivity index (χ0) is 12.6. The van der Waals surface area contributed by atoms with Gasteiger partial charge in [-0.15, -0.1) is 11.8 Å². The van der Waals surface area contributed by atoms with Gasteiger partial charge in [0.25, 0.3) is 0 Å². The standard InChI is InChI=1S/C17H26S/c1-2-3-4-5-6-7-11-16-14-13-15-10-8-9-12-17(15)18-16/h8-10,12,16H,2-7,11,13-14H2,1H3. The van der Waals surface area contributed by atoms with Crippen LogP contribution in [0.3, 0.4) is 0 Å². The summed E-state index contributed by atoms with van der Waals surface area (Å²) < 4.78 is 0. The number of fused-ring (bicyclic) bond motifs is 1. The van der Waals surface area contributed by atoms with Crippen LogP contribution in [0.1, 0.15) is 63.9 Å². The molecule has 0 N–H and O–H groups in total. The topological polar surface area (TPSA) is 0 Å². The Hall–Kier alpha value is -0.430. The molecule has 0 nitrogen and oxygen atoms in total. The molecule has 1 aromatic rings. The van der Waals surface area contributed by atoms with E-state index in [4.69, 9.17) is 0 Å². The predicted octanol–water partition coefficient (Wildman–Crippen LogP) is 5.84. The highest BCUT2D eigenvalue weighted by Crippen LogP contribution is 2.37. The highest BCUT2D eigenvalue weighted by atomic mass is 32.2. The minimum atomic E-state index is 0.881. The normalized spacial score (nSPS) is 18.6. The largest absolute Gasteiger partial charge is 0.122 e. The summed E-state index contributed by atoms with van der Waals surface area (Å²) in [5.74, 6) is 0. The molecule has 0 saturated carbocycles. The minimum absolute atomic E-state index is 0.881. The van der Waals surface area contributed by atoms with Crippen LogP contribution in [0.2, 0.25) is 0 Å². The molecule has 18 heavy (non-hydrogen) atoms. The van der Waals surface area contributed by atoms with Gasteiger partial charge in [-0.1, -0.05) is 63.6 Å². The van der Waals surface area contributed by atoms with E-state index in [0.717, 1.165) is 5.25 Å². The SMILES string of the molecule is CCCCCCCCC1CCc2ccccc2S1. The summed E-state index contributed by atoms with van der Waals surface area (Å²) in [6.07, 6.45) is 12.6. The molecule has 0 saturated heterocycles. The van der Waals surface area contributed by atoms with E-state index < -0.39 is 0 Å². The molecule has 1 aromatic carbocycles. The zero-order valence-electron chi connectivity index (χ0n) is 11.7. The lowest BCUT2D eigenvalue weighted by Gasteiger charge is -2.23. The van der Waals surface area contributed by atoms with Crippen molar-refractivity contribution in [2.45, 2.75) is 74.9 Å². The Morgan fingerprint density at radius 3 is 2.72 bits per heavy atom. The third-order valence-electron chi connectivity index (χ3n) is 3.88. The Bertz CT molecular complexity index is 345. The highest BCUT2D eigenvalue weighted by Gasteiger charge is 2.18. The van der Waals surface area contributed by atoms with Crippen LogP contribution in [-0.4, -0.2) is 5.25 Å². The molecule has 1 aliphatic heterocycles. The van der Waals surface area contributed by atoms with E-state index in [9.17, 15) is 0 Å². The Kier molecular flexibility index (Phi) is 6.13. The molecule has 1 heteroatoms. The van der Waals surface area contributed by atoms with Gasteiger partial charge in [0, 0.05) is 10.1 Å². The lowest BCUT2D eigenvalue weighted by molar-refractivity contribution is 0.568. The second-order valence-corrected chi connectivity index (χ2v) is 6.78. The minimum Gasteiger partial charge on any atom is -0.122 e. The summed E-state index contributed by atoms with van der Waals surface area (Å²) in [6, 6.07) is 8.95. The van der Waals surface area contributed by atoms with Gasteiger partial charge in [-0.05, 0) is 30.9 Å². The van der Waals surface area contributed by atoms with Gasteiger partial charge in [0.2, 0.25) is 0 Å². The summed E-state index contributed by atoms with van der Waals surface area (Å²) in [5.41, 5.74) is 1.57. The summed E-state index contributed by atoms with van der Waals surface area (Å²) in [4.78, 5) is 1.54. The Balaban J connectivity index is 1.64. The van der Waals surface area contributed by atoms with Gasteiger partial charge < -0.3 is 0 Å². The molecule has 100 valence electrons. The first-order valence-electron chi connectivity index (χ1n) is 7.64. The van der Waals surface area contributed by atoms with Crippen LogP contribution in [0, 0.1) is 0 Å². The second kappa shape index (κ2) is 7.89. The van der Waals surface area contributed by atoms with Crippen LogP contribution in [0.25, 0.3) is 0 Å². The van der Waals surface area contributed by atoms with Gasteiger partial charge in [-0.2, -0.15) is 0 Å². The average molecular weight is 262 g/mol. The molecule has 2 rings (SSSR count). The highest BCUT2D eigenvalue weighted by molar-refractivity contribution is 8.00. The molecule has 0 bridgehead atoms. The van der Waals surface area contributed by atoms with E-state index in [1.165, 1.54) is 57.8 Å². The fourth-order valence-corrected chi connectivity index (χ4v) is 4.09. The molecule has 0 amide bonds. The van der Waals surface area contributed by atoms with E-state index in [2.05, 4.69) is 43.0 Å². The first-order chi connectivity index (χ1) is 8.90. The maximum absolute atomic E-state index is 2.30. The van der Waals surface area contributed by atoms with Gasteiger partial charge in [0.1, 0.15) is 0 Å². The van der Waals surface area contributed by atoms with E-state index in [1.807, 2.05) is 0 Å². The van der Waals surface area contributed by atoms with Crippen molar-refractivity contribution >= 4 is 11.8 Å². The third-order valence-corrected chi connectivity index (χ3v) is 5.34. The van der Waals surface area contributed by atoms with Crippen molar-refractivity contribution < 1.29 is 0 Å². The second-order valence-electron chi connectivity index (χ2n) is 5.44. The van der Waals surface area contributed by atoms with Crippen molar-refractivity contribution in [3.05, 3.63) is 29.8 Å². The van der Waals surface area contributed by atoms with Crippen molar-refractivity contribution in [1.29, 1.82) is 0 Å². The first kappa shape index (κ1) is 14.0. The van der Waals surface area contributed by atoms with Crippen LogP contribution >= 0.6 is 11.8 Å². The zero-order valence-corrected chi connectivity index (χ0v) is 12.5. The lowest BCUT2D eigenvalue weighted by Crippen LogP contribution is -2.10. The van der Waals surface area contributed by atoms with Crippen LogP contribution < -0.4 is 0 Å². The number of rotatable bonds is 7. The molecule has 1 aliphatic rings. The average Bonchev–Trinajstić information content (AvgIpc) is 2.42. The van der Waals surface area contributed by atoms with Crippen LogP contribution in [0.5, 0.6) is 0 Å². The molecular formula is C17H26S. The summed E-state index contributed by atoms with van der Waals surface area (Å²) in [7, 11) is 0. The molecule has 1 atom stereocenters. The Morgan fingerprint density at radius 1 is 1.06 bits per heavy atom. The van der Waals surface area contributed by atoms with Gasteiger partial charge in [0.15, 0.2) is 0 Å². The predicted molar refractivity (Wildman–Crippen MR) is 82.4 cm³/mol. The van der Waals surface area contributed by atoms with Crippen LogP contribution in [-0.2, 0) is 6.42 Å². The Morgan fingerprint density at radius 2 is 1.83 bits per heavy atom. The quantitative estimate of drug-likeness (QED) is 0.556. The number of thioether (sulfide) groups is 1. The molecule has 1 heterocycles. The monoisotopic (exact) mass is 262 g/mol. The first-order valence-corrected chi connectivity index (χ1v) is 8.52. The van der Waals surface area contributed by atoms with Crippen molar-refractivity contribution in [2.75, 3.05) is 0 Å². The summed E-state index contributed by atoms with van der Waals surface area (Å²) in [6.45, 7) is 2.29. The van der Waals surface area contributed by atoms with Crippen LogP contribution in [0.15, 0.2) is 29.2 Å². The lowest BCUT2D eigenvalue weighted by atomic mass is 10.0. The maximum atomic E-state index is 2.30. The number of hydrogen-bond acceptors (Lipinski definition) is 1. The molecule has 0 spiro atoms. The van der Waals surface area contributed by atoms with E-state index >= 15 is 0 Å². The summed E-state index contributed by atoms with van der Waals surface area (Å²) in [5, 5.41) is 0.881. The fraction of sp³-hybridized carbons (Fsp3) is 0.647. The number of hydrogen-bond donors (Lipinski definition) is 0. The van der Waals surface area contributed by atoms with Crippen molar-refractivity contribution in [1.82, 2.24) is 0 Å². The molecule has 0 aliphatic carbocycles. The van der Waals surface area contributed by atoms with Gasteiger partial charge in [-0.25, -0.2) is 0 Å². The van der Waals surface area contributed by atoms with E-state index in [1.54, 1.807) is 10.5 Å². The number of aryl methyl sites for hydroxylation is 1. The van der Waals surface area contributed by atoms with E-state index in [-0.39, 0.29) is 0 Å². The number of benzene rings is 1. The molecular weight excluding hydrogens is 236 g/mol. The van der Waals surface area contributed by atoms with Gasteiger partial charge >= 0.3 is 0 Å². The number of unbranched alkanes of at least 4 members (excludes halogenated alkanes) is 5. The van der Waals surface area contributed by atoms with Gasteiger partial charge in [0.05, 0.1) is 0 Å². The molecule has 1 unspecified atom stereocenters. The maximum Gasteiger partial charge on any atom is 0.0107 e.